The van der Waals surface area contributed by atoms with Crippen LogP contribution in [0.1, 0.15) is 42.9 Å². The van der Waals surface area contributed by atoms with Gasteiger partial charge in [-0.15, -0.1) is 0 Å². The van der Waals surface area contributed by atoms with Gasteiger partial charge in [-0.3, -0.25) is 0 Å². The minimum Gasteiger partial charge on any atom is -0.378 e. The number of hydrogen-bond acceptors (Lipinski definition) is 3. The van der Waals surface area contributed by atoms with Crippen LogP contribution >= 0.6 is 0 Å². The predicted octanol–water partition coefficient (Wildman–Crippen LogP) is 4.20. The predicted molar refractivity (Wildman–Crippen MR) is 105 cm³/mol. The van der Waals surface area contributed by atoms with E-state index in [4.69, 9.17) is 0 Å². The van der Waals surface area contributed by atoms with Crippen molar-refractivity contribution in [2.24, 2.45) is 5.92 Å². The molecular weight excluding hydrogens is 344 g/mol. The molecule has 0 fully saturated rings. The highest BCUT2D eigenvalue weighted by Crippen LogP contribution is 2.50. The quantitative estimate of drug-likeness (QED) is 0.778. The first-order valence-corrected chi connectivity index (χ1v) is 10.7. The molecule has 5 heteroatoms. The summed E-state index contributed by atoms with van der Waals surface area (Å²) < 4.78 is 27.7. The van der Waals surface area contributed by atoms with Gasteiger partial charge in [0.25, 0.3) is 0 Å². The number of rotatable bonds is 5. The van der Waals surface area contributed by atoms with E-state index >= 15 is 0 Å². The van der Waals surface area contributed by atoms with Gasteiger partial charge in [-0.05, 0) is 48.1 Å². The largest absolute Gasteiger partial charge is 0.378 e. The monoisotopic (exact) mass is 368 g/mol. The SMILES string of the molecule is CCCNS(=O)(=O)c1ccc2c(c1)C1C=CCC1C(c1ccccc1)N2. The maximum absolute atomic E-state index is 12.5. The van der Waals surface area contributed by atoms with Crippen LogP contribution in [0.25, 0.3) is 0 Å². The molecule has 2 aromatic rings. The molecule has 0 amide bonds. The van der Waals surface area contributed by atoms with Crippen molar-refractivity contribution in [2.75, 3.05) is 11.9 Å². The standard InChI is InChI=1S/C21H24N2O2S/c1-2-13-22-26(24,25)16-11-12-20-19(14-16)17-9-6-10-18(17)21(23-20)15-7-4-3-5-8-15/h3-9,11-12,14,17-18,21-23H,2,10,13H2,1H3. The first-order valence-electron chi connectivity index (χ1n) is 9.22. The number of fused-ring (bicyclic) bond motifs is 3. The lowest BCUT2D eigenvalue weighted by Crippen LogP contribution is -2.30. The number of sulfonamides is 1. The molecule has 2 aromatic carbocycles. The number of hydrogen-bond donors (Lipinski definition) is 2. The van der Waals surface area contributed by atoms with Gasteiger partial charge in [-0.1, -0.05) is 49.4 Å². The van der Waals surface area contributed by atoms with Crippen molar-refractivity contribution in [3.05, 3.63) is 71.8 Å². The van der Waals surface area contributed by atoms with Gasteiger partial charge in [0.2, 0.25) is 10.0 Å². The average Bonchev–Trinajstić information content (AvgIpc) is 3.16. The second-order valence-electron chi connectivity index (χ2n) is 7.03. The van der Waals surface area contributed by atoms with Crippen molar-refractivity contribution < 1.29 is 8.42 Å². The topological polar surface area (TPSA) is 58.2 Å². The molecule has 136 valence electrons. The normalized spacial score (nSPS) is 24.0. The van der Waals surface area contributed by atoms with Crippen LogP contribution in [0.15, 0.2) is 65.6 Å². The minimum absolute atomic E-state index is 0.240. The number of nitrogens with one attached hydrogen (secondary N) is 2. The molecule has 0 spiro atoms. The first kappa shape index (κ1) is 17.3. The fourth-order valence-corrected chi connectivity index (χ4v) is 5.22. The van der Waals surface area contributed by atoms with E-state index in [1.807, 2.05) is 25.1 Å². The van der Waals surface area contributed by atoms with Gasteiger partial charge in [0.15, 0.2) is 0 Å². The highest BCUT2D eigenvalue weighted by atomic mass is 32.2. The lowest BCUT2D eigenvalue weighted by Gasteiger charge is -2.37. The molecule has 0 aromatic heterocycles. The molecule has 26 heavy (non-hydrogen) atoms. The van der Waals surface area contributed by atoms with E-state index in [1.54, 1.807) is 6.07 Å². The molecule has 0 saturated carbocycles. The summed E-state index contributed by atoms with van der Waals surface area (Å²) in [6.45, 7) is 2.41. The molecule has 2 aliphatic rings. The van der Waals surface area contributed by atoms with Crippen molar-refractivity contribution in [3.63, 3.8) is 0 Å². The summed E-state index contributed by atoms with van der Waals surface area (Å²) in [5.74, 6) is 0.657. The summed E-state index contributed by atoms with van der Waals surface area (Å²) in [4.78, 5) is 0.351. The van der Waals surface area contributed by atoms with Gasteiger partial charge in [-0.25, -0.2) is 13.1 Å². The molecule has 0 bridgehead atoms. The Bertz CT molecular complexity index is 922. The van der Waals surface area contributed by atoms with Crippen LogP contribution in [-0.2, 0) is 10.0 Å². The summed E-state index contributed by atoms with van der Waals surface area (Å²) in [6, 6.07) is 16.2. The summed E-state index contributed by atoms with van der Waals surface area (Å²) in [5.41, 5.74) is 3.38. The average molecular weight is 369 g/mol. The fraction of sp³-hybridized carbons (Fsp3) is 0.333. The number of benzene rings is 2. The van der Waals surface area contributed by atoms with E-state index in [-0.39, 0.29) is 12.0 Å². The molecule has 0 radical (unpaired) electrons. The smallest absolute Gasteiger partial charge is 0.240 e. The van der Waals surface area contributed by atoms with Crippen molar-refractivity contribution in [3.8, 4) is 0 Å². The molecule has 1 aliphatic heterocycles. The summed E-state index contributed by atoms with van der Waals surface area (Å²) >= 11 is 0. The minimum atomic E-state index is -3.45. The molecule has 2 N–H and O–H groups in total. The van der Waals surface area contributed by atoms with Gasteiger partial charge in [-0.2, -0.15) is 0 Å². The van der Waals surface area contributed by atoms with E-state index in [2.05, 4.69) is 46.5 Å². The third kappa shape index (κ3) is 3.06. The van der Waals surface area contributed by atoms with Gasteiger partial charge in [0, 0.05) is 18.2 Å². The van der Waals surface area contributed by atoms with Crippen molar-refractivity contribution in [1.29, 1.82) is 0 Å². The molecule has 3 atom stereocenters. The van der Waals surface area contributed by atoms with Crippen LogP contribution in [0.2, 0.25) is 0 Å². The Morgan fingerprint density at radius 1 is 1.15 bits per heavy atom. The molecular formula is C21H24N2O2S. The Hall–Kier alpha value is -2.11. The van der Waals surface area contributed by atoms with E-state index in [0.717, 1.165) is 24.1 Å². The van der Waals surface area contributed by atoms with Gasteiger partial charge >= 0.3 is 0 Å². The van der Waals surface area contributed by atoms with Crippen molar-refractivity contribution in [1.82, 2.24) is 4.72 Å². The zero-order valence-electron chi connectivity index (χ0n) is 14.9. The maximum atomic E-state index is 12.5. The van der Waals surface area contributed by atoms with Gasteiger partial charge in [0.05, 0.1) is 10.9 Å². The van der Waals surface area contributed by atoms with Crippen molar-refractivity contribution >= 4 is 15.7 Å². The van der Waals surface area contributed by atoms with E-state index in [9.17, 15) is 8.42 Å². The maximum Gasteiger partial charge on any atom is 0.240 e. The van der Waals surface area contributed by atoms with Gasteiger partial charge < -0.3 is 5.32 Å². The molecule has 1 heterocycles. The Morgan fingerprint density at radius 2 is 1.96 bits per heavy atom. The summed E-state index contributed by atoms with van der Waals surface area (Å²) in [6.07, 6.45) is 6.23. The number of allylic oxidation sites excluding steroid dienone is 2. The van der Waals surface area contributed by atoms with Crippen LogP contribution < -0.4 is 10.0 Å². The van der Waals surface area contributed by atoms with Crippen LogP contribution in [0.4, 0.5) is 5.69 Å². The van der Waals surface area contributed by atoms with Crippen LogP contribution in [0.3, 0.4) is 0 Å². The third-order valence-electron chi connectivity index (χ3n) is 5.35. The second-order valence-corrected chi connectivity index (χ2v) is 8.80. The lowest BCUT2D eigenvalue weighted by atomic mass is 9.77. The fourth-order valence-electron chi connectivity index (χ4n) is 4.05. The third-order valence-corrected chi connectivity index (χ3v) is 6.80. The Labute approximate surface area is 155 Å². The molecule has 0 saturated heterocycles. The Kier molecular flexibility index (Phi) is 4.59. The van der Waals surface area contributed by atoms with E-state index in [0.29, 0.717) is 17.4 Å². The zero-order valence-corrected chi connectivity index (χ0v) is 15.7. The second kappa shape index (κ2) is 6.89. The summed E-state index contributed by atoms with van der Waals surface area (Å²) in [7, 11) is -3.45. The highest BCUT2D eigenvalue weighted by molar-refractivity contribution is 7.89. The molecule has 4 nitrogen and oxygen atoms in total. The molecule has 3 unspecified atom stereocenters. The Morgan fingerprint density at radius 3 is 2.73 bits per heavy atom. The van der Waals surface area contributed by atoms with E-state index in [1.165, 1.54) is 5.56 Å². The zero-order chi connectivity index (χ0) is 18.1. The number of anilines is 1. The van der Waals surface area contributed by atoms with Crippen molar-refractivity contribution in [2.45, 2.75) is 36.6 Å². The van der Waals surface area contributed by atoms with Crippen LogP contribution in [-0.4, -0.2) is 15.0 Å². The highest BCUT2D eigenvalue weighted by Gasteiger charge is 2.38. The van der Waals surface area contributed by atoms with Crippen LogP contribution in [0.5, 0.6) is 0 Å². The van der Waals surface area contributed by atoms with Crippen LogP contribution in [0, 0.1) is 5.92 Å². The Balaban J connectivity index is 1.71. The molecule has 4 rings (SSSR count). The first-order chi connectivity index (χ1) is 12.6. The van der Waals surface area contributed by atoms with E-state index < -0.39 is 10.0 Å². The molecule has 1 aliphatic carbocycles. The lowest BCUT2D eigenvalue weighted by molar-refractivity contribution is 0.425. The summed E-state index contributed by atoms with van der Waals surface area (Å²) in [5, 5.41) is 3.65. The van der Waals surface area contributed by atoms with Gasteiger partial charge in [0.1, 0.15) is 0 Å².